The topological polar surface area (TPSA) is 120 Å². The molecule has 21 heavy (non-hydrogen) atoms. The maximum atomic E-state index is 10.5. The van der Waals surface area contributed by atoms with E-state index in [1.54, 1.807) is 0 Å². The first kappa shape index (κ1) is 18.8. The van der Waals surface area contributed by atoms with Gasteiger partial charge in [0.05, 0.1) is 29.1 Å². The van der Waals surface area contributed by atoms with Crippen LogP contribution in [0.5, 0.6) is 0 Å². The molecule has 1 fully saturated rings. The predicted molar refractivity (Wildman–Crippen MR) is 70.9 cm³/mol. The van der Waals surface area contributed by atoms with Gasteiger partial charge in [0.25, 0.3) is 0 Å². The van der Waals surface area contributed by atoms with Crippen molar-refractivity contribution >= 4 is 33.6 Å². The van der Waals surface area contributed by atoms with E-state index in [-0.39, 0.29) is 47.3 Å². The molecule has 0 unspecified atom stereocenters. The number of nitrogens with zero attached hydrogens (tertiary/aromatic N) is 4. The number of morpholine rings is 1. The van der Waals surface area contributed by atoms with Crippen LogP contribution in [0.1, 0.15) is 0 Å². The third-order valence-electron chi connectivity index (χ3n) is 2.53. The van der Waals surface area contributed by atoms with E-state index in [1.165, 1.54) is 0 Å². The largest absolute Gasteiger partial charge is 1.00 e. The van der Waals surface area contributed by atoms with Crippen LogP contribution in [0.25, 0.3) is 0 Å². The van der Waals surface area contributed by atoms with E-state index in [0.29, 0.717) is 32.3 Å². The number of hydrogen-bond acceptors (Lipinski definition) is 9. The Hall–Kier alpha value is -0.230. The molecule has 0 saturated carbocycles. The SMILES string of the molecule is O=S(=O)([O-])CCNc1nc(Cl)nc(N2CCOCC2)n1.[Na+]. The summed E-state index contributed by atoms with van der Waals surface area (Å²) in [4.78, 5) is 13.8. The monoisotopic (exact) mass is 345 g/mol. The van der Waals surface area contributed by atoms with E-state index in [0.717, 1.165) is 0 Å². The van der Waals surface area contributed by atoms with Crippen LogP contribution >= 0.6 is 11.6 Å². The fourth-order valence-electron chi connectivity index (χ4n) is 1.61. The number of aromatic nitrogens is 3. The normalized spacial score (nSPS) is 15.4. The van der Waals surface area contributed by atoms with Gasteiger partial charge in [-0.25, -0.2) is 8.42 Å². The van der Waals surface area contributed by atoms with E-state index in [1.807, 2.05) is 4.90 Å². The number of nitrogens with one attached hydrogen (secondary N) is 1. The molecule has 12 heteroatoms. The first-order valence-electron chi connectivity index (χ1n) is 5.86. The van der Waals surface area contributed by atoms with Crippen molar-refractivity contribution in [1.82, 2.24) is 15.0 Å². The number of ether oxygens (including phenoxy) is 1. The summed E-state index contributed by atoms with van der Waals surface area (Å²) in [6, 6.07) is 0. The molecule has 112 valence electrons. The molecule has 2 heterocycles. The molecule has 0 radical (unpaired) electrons. The Morgan fingerprint density at radius 2 is 1.95 bits per heavy atom. The van der Waals surface area contributed by atoms with Crippen LogP contribution in [0.4, 0.5) is 11.9 Å². The molecule has 1 aliphatic heterocycles. The Morgan fingerprint density at radius 1 is 1.29 bits per heavy atom. The van der Waals surface area contributed by atoms with Gasteiger partial charge in [0.2, 0.25) is 17.2 Å². The van der Waals surface area contributed by atoms with Gasteiger partial charge < -0.3 is 19.5 Å². The summed E-state index contributed by atoms with van der Waals surface area (Å²) >= 11 is 5.80. The summed E-state index contributed by atoms with van der Waals surface area (Å²) in [6.45, 7) is 2.32. The summed E-state index contributed by atoms with van der Waals surface area (Å²) in [5.41, 5.74) is 0. The Balaban J connectivity index is 0.00000220. The quantitative estimate of drug-likeness (QED) is 0.425. The Morgan fingerprint density at radius 3 is 2.57 bits per heavy atom. The molecule has 0 spiro atoms. The fraction of sp³-hybridized carbons (Fsp3) is 0.667. The number of halogens is 1. The summed E-state index contributed by atoms with van der Waals surface area (Å²) < 4.78 is 36.7. The van der Waals surface area contributed by atoms with Crippen molar-refractivity contribution in [2.24, 2.45) is 0 Å². The zero-order chi connectivity index (χ0) is 14.6. The number of hydrogen-bond donors (Lipinski definition) is 1. The van der Waals surface area contributed by atoms with Crippen molar-refractivity contribution in [2.75, 3.05) is 48.8 Å². The Bertz CT molecular complexity index is 569. The van der Waals surface area contributed by atoms with Gasteiger partial charge in [0, 0.05) is 19.6 Å². The molecule has 1 aliphatic rings. The molecule has 0 aromatic carbocycles. The summed E-state index contributed by atoms with van der Waals surface area (Å²) in [6.07, 6.45) is 0. The smallest absolute Gasteiger partial charge is 0.748 e. The summed E-state index contributed by atoms with van der Waals surface area (Å²) in [7, 11) is -4.28. The minimum atomic E-state index is -4.28. The van der Waals surface area contributed by atoms with Crippen LogP contribution < -0.4 is 39.8 Å². The standard InChI is InChI=1S/C9H14ClN5O4S.Na/c10-7-12-8(11-1-6-20(16,17)18)14-9(13-7)15-2-4-19-5-3-15;/h1-6H2,(H,16,17,18)(H,11,12,13,14);/q;+1/p-1. The van der Waals surface area contributed by atoms with Crippen molar-refractivity contribution in [1.29, 1.82) is 0 Å². The van der Waals surface area contributed by atoms with Crippen molar-refractivity contribution in [3.05, 3.63) is 5.28 Å². The maximum absolute atomic E-state index is 10.5. The van der Waals surface area contributed by atoms with Crippen LogP contribution in [0, 0.1) is 0 Å². The second-order valence-electron chi connectivity index (χ2n) is 4.02. The van der Waals surface area contributed by atoms with Gasteiger partial charge in [0.15, 0.2) is 0 Å². The maximum Gasteiger partial charge on any atom is 1.00 e. The first-order valence-corrected chi connectivity index (χ1v) is 7.81. The van der Waals surface area contributed by atoms with E-state index in [2.05, 4.69) is 20.3 Å². The van der Waals surface area contributed by atoms with Crippen LogP contribution in [0.15, 0.2) is 0 Å². The average molecular weight is 346 g/mol. The summed E-state index contributed by atoms with van der Waals surface area (Å²) in [5, 5.41) is 2.63. The van der Waals surface area contributed by atoms with E-state index in [4.69, 9.17) is 16.3 Å². The average Bonchev–Trinajstić information content (AvgIpc) is 2.37. The molecule has 1 saturated heterocycles. The van der Waals surface area contributed by atoms with Gasteiger partial charge >= 0.3 is 29.6 Å². The molecule has 1 aromatic rings. The zero-order valence-electron chi connectivity index (χ0n) is 11.5. The third-order valence-corrected chi connectivity index (χ3v) is 3.40. The fourth-order valence-corrected chi connectivity index (χ4v) is 2.12. The van der Waals surface area contributed by atoms with Crippen molar-refractivity contribution in [3.8, 4) is 0 Å². The molecular formula is C9H13ClN5NaO4S. The molecule has 0 aliphatic carbocycles. The minimum Gasteiger partial charge on any atom is -0.748 e. The molecule has 1 N–H and O–H groups in total. The van der Waals surface area contributed by atoms with Gasteiger partial charge in [-0.2, -0.15) is 15.0 Å². The molecule has 9 nitrogen and oxygen atoms in total. The number of anilines is 2. The van der Waals surface area contributed by atoms with Crippen molar-refractivity contribution < 1.29 is 47.3 Å². The second-order valence-corrected chi connectivity index (χ2v) is 5.88. The van der Waals surface area contributed by atoms with Gasteiger partial charge in [-0.05, 0) is 11.6 Å². The minimum absolute atomic E-state index is 0. The molecular weight excluding hydrogens is 333 g/mol. The van der Waals surface area contributed by atoms with Gasteiger partial charge in [-0.1, -0.05) is 0 Å². The Labute approximate surface area is 149 Å². The second kappa shape index (κ2) is 8.42. The van der Waals surface area contributed by atoms with Crippen LogP contribution in [-0.2, 0) is 14.9 Å². The van der Waals surface area contributed by atoms with E-state index >= 15 is 0 Å². The summed E-state index contributed by atoms with van der Waals surface area (Å²) in [5.74, 6) is -0.0284. The van der Waals surface area contributed by atoms with E-state index in [9.17, 15) is 13.0 Å². The van der Waals surface area contributed by atoms with Crippen LogP contribution in [0.3, 0.4) is 0 Å². The molecule has 1 aromatic heterocycles. The molecule has 0 amide bonds. The molecule has 2 rings (SSSR count). The van der Waals surface area contributed by atoms with Crippen LogP contribution in [0.2, 0.25) is 5.28 Å². The third kappa shape index (κ3) is 6.59. The molecule has 0 bridgehead atoms. The van der Waals surface area contributed by atoms with Gasteiger partial charge in [-0.3, -0.25) is 0 Å². The van der Waals surface area contributed by atoms with Crippen LogP contribution in [-0.4, -0.2) is 66.5 Å². The zero-order valence-corrected chi connectivity index (χ0v) is 15.0. The predicted octanol–water partition coefficient (Wildman–Crippen LogP) is -3.68. The Kier molecular flexibility index (Phi) is 7.54. The van der Waals surface area contributed by atoms with Crippen molar-refractivity contribution in [3.63, 3.8) is 0 Å². The van der Waals surface area contributed by atoms with Gasteiger partial charge in [0.1, 0.15) is 0 Å². The van der Waals surface area contributed by atoms with Crippen molar-refractivity contribution in [2.45, 2.75) is 0 Å². The van der Waals surface area contributed by atoms with Gasteiger partial charge in [-0.15, -0.1) is 0 Å². The van der Waals surface area contributed by atoms with E-state index < -0.39 is 15.9 Å². The first-order chi connectivity index (χ1) is 9.44. The molecule has 0 atom stereocenters. The number of rotatable bonds is 5.